The van der Waals surface area contributed by atoms with Crippen molar-refractivity contribution in [3.63, 3.8) is 0 Å². The number of ether oxygens (including phenoxy) is 1. The Bertz CT molecular complexity index is 1270. The molecule has 0 spiro atoms. The average Bonchev–Trinajstić information content (AvgIpc) is 2.82. The molecule has 0 saturated heterocycles. The Morgan fingerprint density at radius 2 is 1.47 bits per heavy atom. The largest absolute Gasteiger partial charge is 0.458 e. The summed E-state index contributed by atoms with van der Waals surface area (Å²) in [6.07, 6.45) is -11.5. The van der Waals surface area contributed by atoms with Gasteiger partial charge in [-0.25, -0.2) is 0 Å². The average molecular weight is 568 g/mol. The maximum atomic E-state index is 13.9. The van der Waals surface area contributed by atoms with E-state index in [9.17, 15) is 40.2 Å². The smallest absolute Gasteiger partial charge is 0.457 e. The van der Waals surface area contributed by atoms with Crippen molar-refractivity contribution in [1.82, 2.24) is 0 Å². The summed E-state index contributed by atoms with van der Waals surface area (Å²) in [5, 5.41) is 10.8. The minimum atomic E-state index is -5.92. The molecule has 0 fully saturated rings. The van der Waals surface area contributed by atoms with E-state index in [1.165, 1.54) is 30.3 Å². The molecule has 3 nitrogen and oxygen atoms in total. The lowest BCUT2D eigenvalue weighted by Crippen LogP contribution is -2.58. The van der Waals surface area contributed by atoms with Gasteiger partial charge in [0, 0.05) is 16.5 Å². The first-order chi connectivity index (χ1) is 17.5. The van der Waals surface area contributed by atoms with Crippen LogP contribution in [0.4, 0.5) is 35.1 Å². The predicted molar refractivity (Wildman–Crippen MR) is 125 cm³/mol. The number of benzene rings is 3. The van der Waals surface area contributed by atoms with E-state index in [2.05, 4.69) is 0 Å². The van der Waals surface area contributed by atoms with E-state index in [4.69, 9.17) is 22.1 Å². The van der Waals surface area contributed by atoms with Crippen LogP contribution in [-0.4, -0.2) is 23.2 Å². The number of hydrogen-bond donors (Lipinski definition) is 2. The van der Waals surface area contributed by atoms with Gasteiger partial charge in [-0.2, -0.15) is 35.1 Å². The Kier molecular flexibility index (Phi) is 8.35. The highest BCUT2D eigenvalue weighted by molar-refractivity contribution is 6.31. The molecule has 3 rings (SSSR count). The molecular weight excluding hydrogens is 546 g/mol. The van der Waals surface area contributed by atoms with Crippen LogP contribution in [0.25, 0.3) is 0 Å². The van der Waals surface area contributed by atoms with Gasteiger partial charge in [0.15, 0.2) is 0 Å². The molecular formula is C26H22ClF8NO2. The Balaban J connectivity index is 2.02. The lowest BCUT2D eigenvalue weighted by atomic mass is 9.82. The summed E-state index contributed by atoms with van der Waals surface area (Å²) in [7, 11) is 0. The third-order valence-corrected chi connectivity index (χ3v) is 6.33. The minimum Gasteiger partial charge on any atom is -0.457 e. The van der Waals surface area contributed by atoms with Gasteiger partial charge in [-0.15, -0.1) is 0 Å². The van der Waals surface area contributed by atoms with Gasteiger partial charge in [0.2, 0.25) is 5.72 Å². The molecule has 0 amide bonds. The third kappa shape index (κ3) is 6.22. The second-order valence-electron chi connectivity index (χ2n) is 8.63. The number of aliphatic hydroxyl groups is 1. The maximum absolute atomic E-state index is 13.9. The van der Waals surface area contributed by atoms with E-state index in [0.717, 1.165) is 17.7 Å². The zero-order valence-corrected chi connectivity index (χ0v) is 20.4. The normalized spacial score (nSPS) is 15.2. The fourth-order valence-corrected chi connectivity index (χ4v) is 4.09. The van der Waals surface area contributed by atoms with Gasteiger partial charge in [0.25, 0.3) is 0 Å². The van der Waals surface area contributed by atoms with Gasteiger partial charge in [0.05, 0.1) is 0 Å². The van der Waals surface area contributed by atoms with Crippen LogP contribution in [-0.2, 0) is 18.8 Å². The van der Waals surface area contributed by atoms with Gasteiger partial charge in [-0.05, 0) is 65.9 Å². The Labute approximate surface area is 217 Å². The fraction of sp³-hybridized carbons (Fsp3) is 0.308. The lowest BCUT2D eigenvalue weighted by molar-refractivity contribution is -0.289. The highest BCUT2D eigenvalue weighted by atomic mass is 35.5. The molecule has 0 aliphatic rings. The third-order valence-electron chi connectivity index (χ3n) is 5.96. The standard InChI is InChI=1S/C26H22ClF8NO2/c1-2-16-13-20(9-10-22(16)27)38-19-8-4-6-17(14-19)21(24(36,37)26(33,34)35)12-15-5-3-7-18(11-15)23(28,29)25(30,31)32/h3-11,13-14,21,37H,2,12,36H2,1H3. The molecule has 0 bridgehead atoms. The summed E-state index contributed by atoms with van der Waals surface area (Å²) in [6.45, 7) is 1.86. The fourth-order valence-electron chi connectivity index (χ4n) is 3.83. The van der Waals surface area contributed by atoms with Crippen molar-refractivity contribution < 1.29 is 45.0 Å². The SMILES string of the molecule is CCc1cc(Oc2cccc(C(Cc3cccc(C(F)(F)C(F)(F)F)c3)C(N)(O)C(F)(F)F)c2)ccc1Cl. The van der Waals surface area contributed by atoms with Crippen LogP contribution in [0.15, 0.2) is 66.7 Å². The zero-order chi connectivity index (χ0) is 28.5. The van der Waals surface area contributed by atoms with E-state index in [1.54, 1.807) is 12.1 Å². The van der Waals surface area contributed by atoms with E-state index >= 15 is 0 Å². The van der Waals surface area contributed by atoms with E-state index in [1.807, 2.05) is 6.92 Å². The van der Waals surface area contributed by atoms with Crippen molar-refractivity contribution in [2.45, 2.75) is 49.7 Å². The Hall–Kier alpha value is -2.89. The first kappa shape index (κ1) is 29.7. The van der Waals surface area contributed by atoms with Crippen molar-refractivity contribution in [2.24, 2.45) is 5.73 Å². The van der Waals surface area contributed by atoms with Gasteiger partial charge in [-0.3, -0.25) is 5.73 Å². The van der Waals surface area contributed by atoms with Crippen LogP contribution in [0.1, 0.15) is 35.1 Å². The lowest BCUT2D eigenvalue weighted by Gasteiger charge is -2.35. The summed E-state index contributed by atoms with van der Waals surface area (Å²) in [5.74, 6) is -6.86. The molecule has 0 aliphatic heterocycles. The van der Waals surface area contributed by atoms with Crippen molar-refractivity contribution >= 4 is 11.6 Å². The molecule has 0 saturated carbocycles. The first-order valence-electron chi connectivity index (χ1n) is 11.2. The summed E-state index contributed by atoms with van der Waals surface area (Å²) >= 11 is 6.09. The summed E-state index contributed by atoms with van der Waals surface area (Å²) < 4.78 is 113. The van der Waals surface area contributed by atoms with Gasteiger partial charge >= 0.3 is 18.3 Å². The molecule has 0 radical (unpaired) electrons. The minimum absolute atomic E-state index is 0.0622. The first-order valence-corrected chi connectivity index (χ1v) is 11.5. The highest BCUT2D eigenvalue weighted by Crippen LogP contribution is 2.45. The van der Waals surface area contributed by atoms with Gasteiger partial charge in [-0.1, -0.05) is 48.9 Å². The zero-order valence-electron chi connectivity index (χ0n) is 19.7. The Morgan fingerprint density at radius 1 is 0.842 bits per heavy atom. The summed E-state index contributed by atoms with van der Waals surface area (Å²) in [6, 6.07) is 12.7. The molecule has 3 aromatic carbocycles. The molecule has 2 atom stereocenters. The molecule has 12 heteroatoms. The van der Waals surface area contributed by atoms with Crippen molar-refractivity contribution in [2.75, 3.05) is 0 Å². The summed E-state index contributed by atoms with van der Waals surface area (Å²) in [5.41, 5.74) is 0.214. The van der Waals surface area contributed by atoms with Crippen LogP contribution in [0.5, 0.6) is 11.5 Å². The van der Waals surface area contributed by atoms with Crippen LogP contribution < -0.4 is 10.5 Å². The Morgan fingerprint density at radius 3 is 2.08 bits per heavy atom. The molecule has 0 heterocycles. The topological polar surface area (TPSA) is 55.5 Å². The van der Waals surface area contributed by atoms with Crippen LogP contribution >= 0.6 is 11.6 Å². The monoisotopic (exact) mass is 567 g/mol. The van der Waals surface area contributed by atoms with Crippen molar-refractivity contribution in [3.05, 3.63) is 94.0 Å². The molecule has 206 valence electrons. The predicted octanol–water partition coefficient (Wildman–Crippen LogP) is 7.88. The molecule has 2 unspecified atom stereocenters. The second kappa shape index (κ2) is 10.7. The van der Waals surface area contributed by atoms with Gasteiger partial charge in [0.1, 0.15) is 11.5 Å². The number of hydrogen-bond acceptors (Lipinski definition) is 3. The molecule has 0 aliphatic carbocycles. The van der Waals surface area contributed by atoms with Crippen molar-refractivity contribution in [1.29, 1.82) is 0 Å². The number of aryl methyl sites for hydroxylation is 1. The van der Waals surface area contributed by atoms with Crippen LogP contribution in [0.3, 0.4) is 0 Å². The molecule has 38 heavy (non-hydrogen) atoms. The number of nitrogens with two attached hydrogens (primary N) is 1. The van der Waals surface area contributed by atoms with E-state index in [0.29, 0.717) is 29.3 Å². The number of alkyl halides is 8. The second-order valence-corrected chi connectivity index (χ2v) is 9.04. The maximum Gasteiger partial charge on any atom is 0.458 e. The van der Waals surface area contributed by atoms with E-state index < -0.39 is 41.9 Å². The highest BCUT2D eigenvalue weighted by Gasteiger charge is 2.59. The van der Waals surface area contributed by atoms with Crippen molar-refractivity contribution in [3.8, 4) is 11.5 Å². The summed E-state index contributed by atoms with van der Waals surface area (Å²) in [4.78, 5) is 0. The van der Waals surface area contributed by atoms with Crippen LogP contribution in [0, 0.1) is 0 Å². The van der Waals surface area contributed by atoms with E-state index in [-0.39, 0.29) is 16.9 Å². The molecule has 3 N–H and O–H groups in total. The van der Waals surface area contributed by atoms with Gasteiger partial charge < -0.3 is 9.84 Å². The van der Waals surface area contributed by atoms with Crippen LogP contribution in [0.2, 0.25) is 5.02 Å². The quantitative estimate of drug-likeness (QED) is 0.215. The molecule has 0 aromatic heterocycles. The molecule has 3 aromatic rings. The number of halogens is 9. The number of rotatable bonds is 8.